The topological polar surface area (TPSA) is 108 Å². The number of hydrogen-bond acceptors (Lipinski definition) is 5. The number of nitrogens with one attached hydrogen (secondary N) is 2. The third-order valence-corrected chi connectivity index (χ3v) is 2.96. The first-order valence-corrected chi connectivity index (χ1v) is 6.72. The van der Waals surface area contributed by atoms with E-state index in [0.29, 0.717) is 6.42 Å². The van der Waals surface area contributed by atoms with Crippen molar-refractivity contribution >= 4 is 23.3 Å². The zero-order valence-corrected chi connectivity index (χ0v) is 15.3. The molecule has 20 heavy (non-hydrogen) atoms. The van der Waals surface area contributed by atoms with Crippen LogP contribution in [0.5, 0.6) is 0 Å². The number of hydrogen-bond donors (Lipinski definition) is 2. The number of amides is 2. The zero-order chi connectivity index (χ0) is 14.8. The molecule has 1 saturated carbocycles. The van der Waals surface area contributed by atoms with Crippen LogP contribution in [-0.4, -0.2) is 31.9 Å². The Kier molecular flexibility index (Phi) is 7.00. The van der Waals surface area contributed by atoms with E-state index in [2.05, 4.69) is 11.9 Å². The van der Waals surface area contributed by atoms with Gasteiger partial charge in [-0.15, -0.1) is 6.58 Å². The summed E-state index contributed by atoms with van der Waals surface area (Å²) in [6.45, 7) is 8.59. The maximum atomic E-state index is 11.8. The molecule has 0 aliphatic heterocycles. The summed E-state index contributed by atoms with van der Waals surface area (Å²) in [4.78, 5) is 23.5. The van der Waals surface area contributed by atoms with Crippen molar-refractivity contribution in [1.29, 1.82) is 0 Å². The number of rotatable bonds is 4. The molecule has 1 rings (SSSR count). The minimum Gasteiger partial charge on any atom is -0.755 e. The standard InChI is InChI=1S/C11H18N2O5S.Y/c1-5-7-6-11(7,8(14)13-19(16)17)12-9(15)18-10(2,3)4;/h5,7H,1,6H2,2-4H3,(H,12,15)(H,13,14)(H,16,17);/p-1/t7-,11-;/m1./s1. The predicted octanol–water partition coefficient (Wildman–Crippen LogP) is 0.364. The summed E-state index contributed by atoms with van der Waals surface area (Å²) in [6.07, 6.45) is 1.01. The molecule has 1 fully saturated rings. The Morgan fingerprint density at radius 1 is 1.50 bits per heavy atom. The predicted molar refractivity (Wildman–Crippen MR) is 67.5 cm³/mol. The van der Waals surface area contributed by atoms with Crippen LogP contribution in [0.1, 0.15) is 27.2 Å². The van der Waals surface area contributed by atoms with Gasteiger partial charge in [-0.3, -0.25) is 13.7 Å². The van der Waals surface area contributed by atoms with Crippen molar-refractivity contribution < 1.29 is 55.8 Å². The molecule has 2 N–H and O–H groups in total. The summed E-state index contributed by atoms with van der Waals surface area (Å²) in [6, 6.07) is 0. The fourth-order valence-corrected chi connectivity index (χ4v) is 2.02. The molecule has 1 radical (unpaired) electrons. The van der Waals surface area contributed by atoms with Crippen molar-refractivity contribution in [2.75, 3.05) is 0 Å². The van der Waals surface area contributed by atoms with E-state index in [0.717, 1.165) is 0 Å². The first kappa shape index (κ1) is 19.7. The third kappa shape index (κ3) is 5.23. The summed E-state index contributed by atoms with van der Waals surface area (Å²) < 4.78 is 27.8. The molecule has 9 heteroatoms. The van der Waals surface area contributed by atoms with Crippen LogP contribution in [0, 0.1) is 5.92 Å². The summed E-state index contributed by atoms with van der Waals surface area (Å²) in [5.74, 6) is -1.11. The van der Waals surface area contributed by atoms with Crippen LogP contribution in [0.15, 0.2) is 12.7 Å². The second kappa shape index (κ2) is 7.11. The molecule has 111 valence electrons. The van der Waals surface area contributed by atoms with Gasteiger partial charge in [-0.25, -0.2) is 4.79 Å². The van der Waals surface area contributed by atoms with Gasteiger partial charge in [0.15, 0.2) is 0 Å². The summed E-state index contributed by atoms with van der Waals surface area (Å²) in [5, 5.41) is 2.41. The molecule has 2 amide bonds. The molecule has 0 bridgehead atoms. The Bertz CT molecular complexity index is 437. The van der Waals surface area contributed by atoms with E-state index in [4.69, 9.17) is 4.74 Å². The molecular weight excluding hydrogens is 361 g/mol. The fraction of sp³-hybridized carbons (Fsp3) is 0.636. The molecule has 0 saturated heterocycles. The molecular formula is C11H17N2O5SY-. The van der Waals surface area contributed by atoms with Gasteiger partial charge in [0, 0.05) is 49.9 Å². The van der Waals surface area contributed by atoms with Crippen LogP contribution < -0.4 is 10.0 Å². The van der Waals surface area contributed by atoms with Gasteiger partial charge in [-0.2, -0.15) is 0 Å². The minimum atomic E-state index is -2.73. The Balaban J connectivity index is 0.00000361. The van der Waals surface area contributed by atoms with Gasteiger partial charge < -0.3 is 14.6 Å². The van der Waals surface area contributed by atoms with Crippen molar-refractivity contribution in [1.82, 2.24) is 10.0 Å². The van der Waals surface area contributed by atoms with Crippen LogP contribution in [0.4, 0.5) is 4.79 Å². The molecule has 1 aliphatic rings. The van der Waals surface area contributed by atoms with E-state index in [1.807, 2.05) is 0 Å². The SMILES string of the molecule is C=C[C@@H]1C[C@]1(NC(=O)OC(C)(C)C)C(=O)NS(=O)[O-].[Y]. The number of ether oxygens (including phenoxy) is 1. The summed E-state index contributed by atoms with van der Waals surface area (Å²) in [7, 11) is 0. The number of carbonyl (C=O) groups excluding carboxylic acids is 2. The van der Waals surface area contributed by atoms with Crippen molar-refractivity contribution in [3.05, 3.63) is 12.7 Å². The van der Waals surface area contributed by atoms with Gasteiger partial charge in [0.25, 0.3) is 5.91 Å². The minimum absolute atomic E-state index is 0. The molecule has 0 heterocycles. The number of alkyl carbamates (subject to hydrolysis) is 1. The van der Waals surface area contributed by atoms with Gasteiger partial charge >= 0.3 is 6.09 Å². The average molecular weight is 378 g/mol. The van der Waals surface area contributed by atoms with E-state index in [1.165, 1.54) is 6.08 Å². The van der Waals surface area contributed by atoms with Gasteiger partial charge in [0.2, 0.25) is 0 Å². The quantitative estimate of drug-likeness (QED) is 0.543. The van der Waals surface area contributed by atoms with Crippen molar-refractivity contribution in [3.8, 4) is 0 Å². The van der Waals surface area contributed by atoms with Crippen molar-refractivity contribution in [3.63, 3.8) is 0 Å². The second-order valence-electron chi connectivity index (χ2n) is 5.31. The molecule has 0 spiro atoms. The van der Waals surface area contributed by atoms with E-state index < -0.39 is 34.4 Å². The Morgan fingerprint density at radius 2 is 2.05 bits per heavy atom. The Hall–Kier alpha value is -0.306. The van der Waals surface area contributed by atoms with Crippen molar-refractivity contribution in [2.24, 2.45) is 5.92 Å². The number of carbonyl (C=O) groups is 2. The van der Waals surface area contributed by atoms with Crippen LogP contribution in [0.3, 0.4) is 0 Å². The fourth-order valence-electron chi connectivity index (χ4n) is 1.69. The largest absolute Gasteiger partial charge is 0.755 e. The van der Waals surface area contributed by atoms with Gasteiger partial charge in [-0.05, 0) is 27.2 Å². The van der Waals surface area contributed by atoms with Gasteiger partial charge in [-0.1, -0.05) is 6.08 Å². The van der Waals surface area contributed by atoms with Crippen LogP contribution in [0.2, 0.25) is 0 Å². The third-order valence-electron chi connectivity index (χ3n) is 2.60. The van der Waals surface area contributed by atoms with E-state index in [9.17, 15) is 18.4 Å². The maximum Gasteiger partial charge on any atom is 0.408 e. The second-order valence-corrected chi connectivity index (χ2v) is 5.98. The molecule has 7 nitrogen and oxygen atoms in total. The maximum absolute atomic E-state index is 11.8. The molecule has 0 aromatic heterocycles. The van der Waals surface area contributed by atoms with Crippen LogP contribution in [-0.2, 0) is 53.5 Å². The van der Waals surface area contributed by atoms with Crippen molar-refractivity contribution in [2.45, 2.75) is 38.3 Å². The first-order chi connectivity index (χ1) is 8.60. The molecule has 0 aromatic rings. The van der Waals surface area contributed by atoms with Crippen LogP contribution >= 0.6 is 0 Å². The smallest absolute Gasteiger partial charge is 0.408 e. The first-order valence-electron chi connectivity index (χ1n) is 5.65. The van der Waals surface area contributed by atoms with Crippen LogP contribution in [0.25, 0.3) is 0 Å². The summed E-state index contributed by atoms with van der Waals surface area (Å²) >= 11 is -2.73. The Morgan fingerprint density at radius 3 is 2.40 bits per heavy atom. The Labute approximate surface area is 145 Å². The van der Waals surface area contributed by atoms with E-state index >= 15 is 0 Å². The average Bonchev–Trinajstić information content (AvgIpc) is 2.88. The van der Waals surface area contributed by atoms with E-state index in [-0.39, 0.29) is 38.6 Å². The zero-order valence-electron chi connectivity index (χ0n) is 11.6. The summed E-state index contributed by atoms with van der Waals surface area (Å²) in [5.41, 5.74) is -1.99. The molecule has 3 atom stereocenters. The van der Waals surface area contributed by atoms with Gasteiger partial charge in [0.05, 0.1) is 0 Å². The molecule has 1 aliphatic carbocycles. The molecule has 0 aromatic carbocycles. The normalized spacial score (nSPS) is 25.7. The molecule has 1 unspecified atom stereocenters. The van der Waals surface area contributed by atoms with E-state index in [1.54, 1.807) is 25.5 Å². The monoisotopic (exact) mass is 378 g/mol. The van der Waals surface area contributed by atoms with Gasteiger partial charge in [0.1, 0.15) is 11.1 Å².